The molecule has 5 rings (SSSR count). The van der Waals surface area contributed by atoms with Gasteiger partial charge in [-0.05, 0) is 42.0 Å². The molecule has 0 aliphatic carbocycles. The second-order valence-electron chi connectivity index (χ2n) is 8.19. The molecule has 0 bridgehead atoms. The maximum atomic E-state index is 12.9. The molecular weight excluding hydrogens is 507 g/mol. The van der Waals surface area contributed by atoms with Crippen molar-refractivity contribution < 1.29 is 19.5 Å². The van der Waals surface area contributed by atoms with E-state index in [0.717, 1.165) is 15.6 Å². The quantitative estimate of drug-likeness (QED) is 0.304. The van der Waals surface area contributed by atoms with Crippen molar-refractivity contribution in [2.24, 2.45) is 0 Å². The molecular formula is C26H18Cl2N2O4S. The van der Waals surface area contributed by atoms with Crippen LogP contribution < -0.4 is 10.2 Å². The zero-order chi connectivity index (χ0) is 24.7. The smallest absolute Gasteiger partial charge is 0.337 e. The molecule has 2 heterocycles. The lowest BCUT2D eigenvalue weighted by Gasteiger charge is -2.19. The predicted molar refractivity (Wildman–Crippen MR) is 139 cm³/mol. The average molecular weight is 525 g/mol. The van der Waals surface area contributed by atoms with Crippen LogP contribution in [0.4, 0.5) is 11.4 Å². The Hall–Kier alpha value is -3.39. The van der Waals surface area contributed by atoms with Crippen LogP contribution in [0.15, 0.2) is 66.7 Å². The van der Waals surface area contributed by atoms with Gasteiger partial charge in [-0.15, -0.1) is 11.3 Å². The Morgan fingerprint density at radius 2 is 1.77 bits per heavy atom. The molecule has 1 aromatic heterocycles. The molecule has 1 saturated heterocycles. The lowest BCUT2D eigenvalue weighted by atomic mass is 9.98. The number of carboxylic acids is 1. The lowest BCUT2D eigenvalue weighted by Crippen LogP contribution is -2.25. The molecule has 0 saturated carbocycles. The summed E-state index contributed by atoms with van der Waals surface area (Å²) in [4.78, 5) is 39.6. The standard InChI is InChI=1S/C26H18Cl2N2O4S/c27-16-7-5-14(6-8-16)15-11-22(31)30(13-15)17-9-10-20(19(12-17)26(33)34)29-25(32)24-23(28)18-3-1-2-4-21(18)35-24/h1-10,12,15H,11,13H2,(H,29,32)(H,33,34). The number of aromatic carboxylic acids is 1. The van der Waals surface area contributed by atoms with E-state index >= 15 is 0 Å². The Balaban J connectivity index is 1.40. The normalized spacial score (nSPS) is 15.5. The summed E-state index contributed by atoms with van der Waals surface area (Å²) in [6, 6.07) is 19.3. The maximum Gasteiger partial charge on any atom is 0.337 e. The summed E-state index contributed by atoms with van der Waals surface area (Å²) in [6.45, 7) is 0.419. The van der Waals surface area contributed by atoms with Crippen LogP contribution in [0.2, 0.25) is 10.0 Å². The molecule has 1 aliphatic heterocycles. The summed E-state index contributed by atoms with van der Waals surface area (Å²) in [5.41, 5.74) is 1.46. The fourth-order valence-electron chi connectivity index (χ4n) is 4.24. The van der Waals surface area contributed by atoms with Gasteiger partial charge in [-0.3, -0.25) is 9.59 Å². The topological polar surface area (TPSA) is 86.7 Å². The molecule has 9 heteroatoms. The van der Waals surface area contributed by atoms with E-state index in [9.17, 15) is 19.5 Å². The minimum atomic E-state index is -1.22. The molecule has 1 unspecified atom stereocenters. The number of carboxylic acid groups (broad SMARTS) is 1. The van der Waals surface area contributed by atoms with Crippen LogP contribution >= 0.6 is 34.5 Å². The van der Waals surface area contributed by atoms with Crippen molar-refractivity contribution in [2.45, 2.75) is 12.3 Å². The highest BCUT2D eigenvalue weighted by molar-refractivity contribution is 7.21. The first-order valence-electron chi connectivity index (χ1n) is 10.7. The van der Waals surface area contributed by atoms with Gasteiger partial charge in [0.1, 0.15) is 4.88 Å². The van der Waals surface area contributed by atoms with Gasteiger partial charge < -0.3 is 15.3 Å². The van der Waals surface area contributed by atoms with E-state index < -0.39 is 11.9 Å². The molecule has 6 nitrogen and oxygen atoms in total. The van der Waals surface area contributed by atoms with Gasteiger partial charge in [0.2, 0.25) is 5.91 Å². The molecule has 176 valence electrons. The second kappa shape index (κ2) is 9.34. The number of hydrogen-bond acceptors (Lipinski definition) is 4. The molecule has 0 spiro atoms. The summed E-state index contributed by atoms with van der Waals surface area (Å²) in [5, 5.41) is 14.2. The number of nitrogens with one attached hydrogen (secondary N) is 1. The lowest BCUT2D eigenvalue weighted by molar-refractivity contribution is -0.117. The summed E-state index contributed by atoms with van der Waals surface area (Å²) in [5.74, 6) is -1.84. The Labute approximate surface area is 214 Å². The van der Waals surface area contributed by atoms with E-state index in [2.05, 4.69) is 5.32 Å². The van der Waals surface area contributed by atoms with Gasteiger partial charge in [-0.1, -0.05) is 53.5 Å². The highest BCUT2D eigenvalue weighted by Gasteiger charge is 2.32. The fourth-order valence-corrected chi connectivity index (χ4v) is 5.78. The highest BCUT2D eigenvalue weighted by Crippen LogP contribution is 2.37. The van der Waals surface area contributed by atoms with E-state index in [-0.39, 0.29) is 23.1 Å². The van der Waals surface area contributed by atoms with Gasteiger partial charge in [0.15, 0.2) is 0 Å². The summed E-state index contributed by atoms with van der Waals surface area (Å²) < 4.78 is 0.860. The molecule has 2 N–H and O–H groups in total. The molecule has 1 fully saturated rings. The monoisotopic (exact) mass is 524 g/mol. The minimum Gasteiger partial charge on any atom is -0.478 e. The Morgan fingerprint density at radius 3 is 2.49 bits per heavy atom. The number of nitrogens with zero attached hydrogens (tertiary/aromatic N) is 1. The number of carbonyl (C=O) groups excluding carboxylic acids is 2. The van der Waals surface area contributed by atoms with Crippen LogP contribution in [0.1, 0.15) is 37.9 Å². The summed E-state index contributed by atoms with van der Waals surface area (Å²) in [7, 11) is 0. The first-order valence-corrected chi connectivity index (χ1v) is 12.3. The number of amides is 2. The van der Waals surface area contributed by atoms with Crippen LogP contribution in [0, 0.1) is 0 Å². The Bertz CT molecular complexity index is 1480. The first-order chi connectivity index (χ1) is 16.8. The third-order valence-corrected chi connectivity index (χ3v) is 7.93. The van der Waals surface area contributed by atoms with Crippen molar-refractivity contribution >= 4 is 73.8 Å². The van der Waals surface area contributed by atoms with Crippen LogP contribution in [0.25, 0.3) is 10.1 Å². The maximum absolute atomic E-state index is 12.9. The highest BCUT2D eigenvalue weighted by atomic mass is 35.5. The first kappa shape index (κ1) is 23.4. The largest absolute Gasteiger partial charge is 0.478 e. The number of thiophene rings is 1. The van der Waals surface area contributed by atoms with Gasteiger partial charge in [-0.2, -0.15) is 0 Å². The van der Waals surface area contributed by atoms with Crippen molar-refractivity contribution in [3.05, 3.63) is 92.8 Å². The van der Waals surface area contributed by atoms with E-state index in [1.54, 1.807) is 23.1 Å². The third-order valence-electron chi connectivity index (χ3n) is 6.00. The Morgan fingerprint density at radius 1 is 1.03 bits per heavy atom. The fraction of sp³-hybridized carbons (Fsp3) is 0.115. The van der Waals surface area contributed by atoms with Gasteiger partial charge in [0.25, 0.3) is 5.91 Å². The summed E-state index contributed by atoms with van der Waals surface area (Å²) >= 11 is 13.6. The van der Waals surface area contributed by atoms with E-state index in [1.807, 2.05) is 36.4 Å². The third kappa shape index (κ3) is 4.50. The number of hydrogen-bond donors (Lipinski definition) is 2. The SMILES string of the molecule is O=C(O)c1cc(N2CC(c3ccc(Cl)cc3)CC2=O)ccc1NC(=O)c1sc2ccccc2c1Cl. The number of halogens is 2. The van der Waals surface area contributed by atoms with Gasteiger partial charge in [0, 0.05) is 39.7 Å². The van der Waals surface area contributed by atoms with Crippen molar-refractivity contribution in [1.82, 2.24) is 0 Å². The Kier molecular flexibility index (Phi) is 6.23. The summed E-state index contributed by atoms with van der Waals surface area (Å²) in [6.07, 6.45) is 0.312. The second-order valence-corrected chi connectivity index (χ2v) is 10.1. The van der Waals surface area contributed by atoms with Crippen LogP contribution in [-0.4, -0.2) is 29.4 Å². The minimum absolute atomic E-state index is 0.0254. The molecule has 4 aromatic rings. The number of fused-ring (bicyclic) bond motifs is 1. The molecule has 35 heavy (non-hydrogen) atoms. The van der Waals surface area contributed by atoms with E-state index in [4.69, 9.17) is 23.2 Å². The zero-order valence-electron chi connectivity index (χ0n) is 18.1. The molecule has 1 aliphatic rings. The van der Waals surface area contributed by atoms with Crippen LogP contribution in [0.5, 0.6) is 0 Å². The van der Waals surface area contributed by atoms with Gasteiger partial charge in [-0.25, -0.2) is 4.79 Å². The van der Waals surface area contributed by atoms with Crippen molar-refractivity contribution in [1.29, 1.82) is 0 Å². The van der Waals surface area contributed by atoms with Gasteiger partial charge in [0.05, 0.1) is 16.3 Å². The average Bonchev–Trinajstić information content (AvgIpc) is 3.40. The number of benzene rings is 3. The van der Waals surface area contributed by atoms with Crippen LogP contribution in [0.3, 0.4) is 0 Å². The van der Waals surface area contributed by atoms with Crippen molar-refractivity contribution in [3.8, 4) is 0 Å². The van der Waals surface area contributed by atoms with E-state index in [0.29, 0.717) is 33.6 Å². The van der Waals surface area contributed by atoms with Crippen molar-refractivity contribution in [2.75, 3.05) is 16.8 Å². The van der Waals surface area contributed by atoms with E-state index in [1.165, 1.54) is 23.5 Å². The number of anilines is 2. The van der Waals surface area contributed by atoms with Crippen LogP contribution in [-0.2, 0) is 4.79 Å². The number of rotatable bonds is 5. The zero-order valence-corrected chi connectivity index (χ0v) is 20.5. The van der Waals surface area contributed by atoms with Gasteiger partial charge >= 0.3 is 5.97 Å². The number of carbonyl (C=O) groups is 3. The molecule has 0 radical (unpaired) electrons. The molecule has 2 amide bonds. The molecule has 3 aromatic carbocycles. The predicted octanol–water partition coefficient (Wildman–Crippen LogP) is 6.68. The van der Waals surface area contributed by atoms with Crippen molar-refractivity contribution in [3.63, 3.8) is 0 Å². The molecule has 1 atom stereocenters.